The van der Waals surface area contributed by atoms with Crippen molar-refractivity contribution in [1.82, 2.24) is 4.90 Å². The van der Waals surface area contributed by atoms with Crippen LogP contribution in [0.5, 0.6) is 0 Å². The van der Waals surface area contributed by atoms with E-state index in [-0.39, 0.29) is 0 Å². The van der Waals surface area contributed by atoms with Crippen LogP contribution in [-0.2, 0) is 0 Å². The van der Waals surface area contributed by atoms with E-state index in [2.05, 4.69) is 61.8 Å². The minimum Gasteiger partial charge on any atom is -0.352 e. The Labute approximate surface area is 117 Å². The number of nitrogens with zero attached hydrogens (tertiary/aromatic N) is 1. The molecule has 0 saturated heterocycles. The van der Waals surface area contributed by atoms with Crippen molar-refractivity contribution < 1.29 is 0 Å². The first kappa shape index (κ1) is 13.7. The maximum Gasteiger partial charge on any atom is 0.0398 e. The fourth-order valence-electron chi connectivity index (χ4n) is 2.57. The summed E-state index contributed by atoms with van der Waals surface area (Å²) < 4.78 is 0. The maximum absolute atomic E-state index is 3.85. The lowest BCUT2D eigenvalue weighted by Crippen LogP contribution is -2.11. The second-order valence-corrected chi connectivity index (χ2v) is 5.29. The molecule has 1 heteroatoms. The van der Waals surface area contributed by atoms with Crippen molar-refractivity contribution in [3.05, 3.63) is 71.7 Å². The third-order valence-corrected chi connectivity index (χ3v) is 3.62. The summed E-state index contributed by atoms with van der Waals surface area (Å²) in [5.41, 5.74) is 5.23. The Morgan fingerprint density at radius 3 is 2.68 bits per heavy atom. The monoisotopic (exact) mass is 253 g/mol. The van der Waals surface area contributed by atoms with E-state index in [9.17, 15) is 0 Å². The number of rotatable bonds is 3. The lowest BCUT2D eigenvalue weighted by Gasteiger charge is -2.19. The molecule has 100 valence electrons. The first-order chi connectivity index (χ1) is 9.11. The van der Waals surface area contributed by atoms with Crippen LogP contribution in [0.1, 0.15) is 26.7 Å². The third-order valence-electron chi connectivity index (χ3n) is 3.62. The van der Waals surface area contributed by atoms with E-state index in [0.29, 0.717) is 5.92 Å². The molecule has 0 fully saturated rings. The molecule has 0 aliphatic heterocycles. The molecule has 0 radical (unpaired) electrons. The first-order valence-corrected chi connectivity index (χ1v) is 6.96. The van der Waals surface area contributed by atoms with Crippen molar-refractivity contribution in [2.75, 3.05) is 7.05 Å². The highest BCUT2D eigenvalue weighted by Crippen LogP contribution is 2.28. The Morgan fingerprint density at radius 1 is 1.26 bits per heavy atom. The minimum atomic E-state index is 0.428. The molecule has 0 N–H and O–H groups in total. The molecule has 0 aromatic heterocycles. The lowest BCUT2D eigenvalue weighted by molar-refractivity contribution is 0.574. The summed E-state index contributed by atoms with van der Waals surface area (Å²) in [7, 11) is 2.05. The smallest absolute Gasteiger partial charge is 0.0398 e. The average molecular weight is 253 g/mol. The second-order valence-electron chi connectivity index (χ2n) is 5.29. The number of likely N-dealkylation sites (N-methyl/N-ethyl adjacent to an activating group) is 1. The van der Waals surface area contributed by atoms with Gasteiger partial charge in [0, 0.05) is 12.7 Å². The largest absolute Gasteiger partial charge is 0.352 e. The van der Waals surface area contributed by atoms with Crippen molar-refractivity contribution >= 4 is 0 Å². The Kier molecular flexibility index (Phi) is 4.26. The van der Waals surface area contributed by atoms with Crippen molar-refractivity contribution in [1.29, 1.82) is 0 Å². The van der Waals surface area contributed by atoms with E-state index in [0.717, 1.165) is 12.8 Å². The van der Waals surface area contributed by atoms with Crippen LogP contribution in [0, 0.1) is 5.92 Å². The lowest BCUT2D eigenvalue weighted by atomic mass is 9.96. The Hall–Kier alpha value is -1.76. The molecule has 2 aliphatic rings. The van der Waals surface area contributed by atoms with E-state index >= 15 is 0 Å². The summed E-state index contributed by atoms with van der Waals surface area (Å²) in [5.74, 6) is 0.428. The molecule has 0 amide bonds. The first-order valence-electron chi connectivity index (χ1n) is 6.96. The molecular weight excluding hydrogens is 230 g/mol. The quantitative estimate of drug-likeness (QED) is 0.702. The van der Waals surface area contributed by atoms with Crippen molar-refractivity contribution in [2.45, 2.75) is 26.7 Å². The molecule has 19 heavy (non-hydrogen) atoms. The number of allylic oxidation sites excluding steroid dienone is 9. The SMILES string of the molecule is C=CN(C)C1=CC(C)C=C(C2=CCCC=C2)C=C1C. The van der Waals surface area contributed by atoms with Gasteiger partial charge in [-0.3, -0.25) is 0 Å². The summed E-state index contributed by atoms with van der Waals surface area (Å²) in [6.07, 6.45) is 18.0. The average Bonchev–Trinajstić information content (AvgIpc) is 2.58. The van der Waals surface area contributed by atoms with E-state index in [1.165, 1.54) is 22.4 Å². The second kappa shape index (κ2) is 5.92. The highest BCUT2D eigenvalue weighted by molar-refractivity contribution is 5.53. The van der Waals surface area contributed by atoms with Crippen molar-refractivity contribution in [2.24, 2.45) is 5.92 Å². The van der Waals surface area contributed by atoms with Gasteiger partial charge in [-0.1, -0.05) is 43.9 Å². The van der Waals surface area contributed by atoms with Crippen LogP contribution >= 0.6 is 0 Å². The fourth-order valence-corrected chi connectivity index (χ4v) is 2.57. The third kappa shape index (κ3) is 3.17. The van der Waals surface area contributed by atoms with Gasteiger partial charge in [0.15, 0.2) is 0 Å². The molecule has 1 atom stereocenters. The van der Waals surface area contributed by atoms with Crippen LogP contribution in [0.25, 0.3) is 0 Å². The zero-order chi connectivity index (χ0) is 13.8. The summed E-state index contributed by atoms with van der Waals surface area (Å²) >= 11 is 0. The maximum atomic E-state index is 3.85. The molecule has 1 unspecified atom stereocenters. The van der Waals surface area contributed by atoms with Gasteiger partial charge in [-0.2, -0.15) is 0 Å². The summed E-state index contributed by atoms with van der Waals surface area (Å²) in [6, 6.07) is 0. The van der Waals surface area contributed by atoms with Gasteiger partial charge in [-0.05, 0) is 54.7 Å². The predicted molar refractivity (Wildman–Crippen MR) is 83.5 cm³/mol. The Bertz CT molecular complexity index is 512. The van der Waals surface area contributed by atoms with Gasteiger partial charge < -0.3 is 4.90 Å². The fraction of sp³-hybridized carbons (Fsp3) is 0.333. The number of hydrogen-bond acceptors (Lipinski definition) is 1. The number of hydrogen-bond donors (Lipinski definition) is 0. The highest BCUT2D eigenvalue weighted by atomic mass is 15.1. The molecule has 0 aromatic carbocycles. The van der Waals surface area contributed by atoms with E-state index in [1.807, 2.05) is 13.2 Å². The Morgan fingerprint density at radius 2 is 2.05 bits per heavy atom. The van der Waals surface area contributed by atoms with Gasteiger partial charge in [0.1, 0.15) is 0 Å². The molecule has 2 aliphatic carbocycles. The van der Waals surface area contributed by atoms with Crippen molar-refractivity contribution in [3.63, 3.8) is 0 Å². The van der Waals surface area contributed by atoms with Crippen LogP contribution < -0.4 is 0 Å². The summed E-state index contributed by atoms with van der Waals surface area (Å²) in [4.78, 5) is 2.09. The molecule has 2 rings (SSSR count). The van der Waals surface area contributed by atoms with Crippen molar-refractivity contribution in [3.8, 4) is 0 Å². The summed E-state index contributed by atoms with van der Waals surface area (Å²) in [5, 5.41) is 0. The molecular formula is C18H23N. The highest BCUT2D eigenvalue weighted by Gasteiger charge is 2.13. The van der Waals surface area contributed by atoms with Gasteiger partial charge in [0.05, 0.1) is 0 Å². The molecule has 0 heterocycles. The molecule has 0 saturated carbocycles. The molecule has 1 nitrogen and oxygen atoms in total. The van der Waals surface area contributed by atoms with Gasteiger partial charge in [0.2, 0.25) is 0 Å². The van der Waals surface area contributed by atoms with E-state index in [1.54, 1.807) is 0 Å². The Balaban J connectivity index is 2.35. The van der Waals surface area contributed by atoms with Crippen LogP contribution in [-0.4, -0.2) is 11.9 Å². The zero-order valence-corrected chi connectivity index (χ0v) is 12.2. The van der Waals surface area contributed by atoms with Gasteiger partial charge in [0.25, 0.3) is 0 Å². The van der Waals surface area contributed by atoms with Gasteiger partial charge in [-0.25, -0.2) is 0 Å². The normalized spacial score (nSPS) is 22.8. The van der Waals surface area contributed by atoms with Gasteiger partial charge in [-0.15, -0.1) is 0 Å². The zero-order valence-electron chi connectivity index (χ0n) is 12.2. The van der Waals surface area contributed by atoms with Crippen LogP contribution in [0.3, 0.4) is 0 Å². The molecule has 0 bridgehead atoms. The van der Waals surface area contributed by atoms with E-state index < -0.39 is 0 Å². The van der Waals surface area contributed by atoms with E-state index in [4.69, 9.17) is 0 Å². The standard InChI is InChI=1S/C18H23N/c1-5-19(4)18-12-14(2)11-17(13-15(18)3)16-9-7-6-8-10-16/h5,7,9-14H,1,6,8H2,2-4H3. The van der Waals surface area contributed by atoms with Crippen LogP contribution in [0.2, 0.25) is 0 Å². The topological polar surface area (TPSA) is 3.24 Å². The summed E-state index contributed by atoms with van der Waals surface area (Å²) in [6.45, 7) is 8.26. The predicted octanol–water partition coefficient (Wildman–Crippen LogP) is 4.74. The molecule has 0 aromatic rings. The van der Waals surface area contributed by atoms with Crippen LogP contribution in [0.4, 0.5) is 0 Å². The van der Waals surface area contributed by atoms with Crippen LogP contribution in [0.15, 0.2) is 71.7 Å². The van der Waals surface area contributed by atoms with Gasteiger partial charge >= 0.3 is 0 Å². The molecule has 0 spiro atoms. The minimum absolute atomic E-state index is 0.428.